The number of benzene rings is 1. The summed E-state index contributed by atoms with van der Waals surface area (Å²) in [6.45, 7) is 3.78. The zero-order valence-electron chi connectivity index (χ0n) is 13.4. The van der Waals surface area contributed by atoms with Crippen LogP contribution in [0.15, 0.2) is 47.4 Å². The van der Waals surface area contributed by atoms with Crippen LogP contribution >= 0.6 is 0 Å². The molecular weight excluding hydrogens is 290 g/mol. The maximum Gasteiger partial charge on any atom is 0.266 e. The molecule has 0 radical (unpaired) electrons. The SMILES string of the molecule is Cn1ncc(CC(N)N2CCN(c3ccccc3)CC2)cc1=O. The van der Waals surface area contributed by atoms with Gasteiger partial charge in [0.1, 0.15) is 0 Å². The van der Waals surface area contributed by atoms with Crippen LogP contribution in [0.4, 0.5) is 5.69 Å². The Labute approximate surface area is 136 Å². The molecule has 2 aromatic rings. The summed E-state index contributed by atoms with van der Waals surface area (Å²) in [4.78, 5) is 16.3. The molecule has 0 amide bonds. The largest absolute Gasteiger partial charge is 0.369 e. The molecule has 2 heterocycles. The van der Waals surface area contributed by atoms with Gasteiger partial charge >= 0.3 is 0 Å². The van der Waals surface area contributed by atoms with Crippen molar-refractivity contribution in [2.45, 2.75) is 12.6 Å². The number of nitrogens with two attached hydrogens (primary N) is 1. The van der Waals surface area contributed by atoms with Gasteiger partial charge in [-0.2, -0.15) is 5.10 Å². The zero-order chi connectivity index (χ0) is 16.2. The molecule has 1 fully saturated rings. The highest BCUT2D eigenvalue weighted by Crippen LogP contribution is 2.16. The second-order valence-electron chi connectivity index (χ2n) is 5.96. The van der Waals surface area contributed by atoms with Crippen LogP contribution in [0.25, 0.3) is 0 Å². The molecule has 3 rings (SSSR count). The van der Waals surface area contributed by atoms with Crippen LogP contribution in [0.3, 0.4) is 0 Å². The first-order chi connectivity index (χ1) is 11.1. The molecule has 0 aliphatic carbocycles. The number of hydrogen-bond acceptors (Lipinski definition) is 5. The van der Waals surface area contributed by atoms with Gasteiger partial charge in [-0.05, 0) is 17.7 Å². The Morgan fingerprint density at radius 2 is 1.87 bits per heavy atom. The van der Waals surface area contributed by atoms with Crippen molar-refractivity contribution < 1.29 is 0 Å². The Morgan fingerprint density at radius 1 is 1.17 bits per heavy atom. The van der Waals surface area contributed by atoms with Gasteiger partial charge in [0.2, 0.25) is 0 Å². The third-order valence-corrected chi connectivity index (χ3v) is 4.37. The van der Waals surface area contributed by atoms with Gasteiger partial charge in [-0.1, -0.05) is 18.2 Å². The van der Waals surface area contributed by atoms with Crippen LogP contribution in [-0.2, 0) is 13.5 Å². The summed E-state index contributed by atoms with van der Waals surface area (Å²) in [7, 11) is 1.65. The highest BCUT2D eigenvalue weighted by molar-refractivity contribution is 5.46. The first kappa shape index (κ1) is 15.7. The van der Waals surface area contributed by atoms with Crippen molar-refractivity contribution in [1.82, 2.24) is 14.7 Å². The number of rotatable bonds is 4. The summed E-state index contributed by atoms with van der Waals surface area (Å²) >= 11 is 0. The average Bonchev–Trinajstić information content (AvgIpc) is 2.59. The number of aromatic nitrogens is 2. The number of piperazine rings is 1. The Morgan fingerprint density at radius 3 is 2.52 bits per heavy atom. The molecule has 6 heteroatoms. The fraction of sp³-hybridized carbons (Fsp3) is 0.412. The summed E-state index contributed by atoms with van der Waals surface area (Å²) in [6, 6.07) is 12.1. The molecule has 1 aliphatic rings. The molecule has 1 atom stereocenters. The summed E-state index contributed by atoms with van der Waals surface area (Å²) < 4.78 is 1.33. The van der Waals surface area contributed by atoms with E-state index in [0.29, 0.717) is 6.42 Å². The Balaban J connectivity index is 1.56. The third kappa shape index (κ3) is 3.78. The second kappa shape index (κ2) is 6.93. The van der Waals surface area contributed by atoms with E-state index in [1.54, 1.807) is 19.3 Å². The molecule has 6 nitrogen and oxygen atoms in total. The van der Waals surface area contributed by atoms with Gasteiger partial charge in [-0.15, -0.1) is 0 Å². The predicted molar refractivity (Wildman–Crippen MR) is 91.4 cm³/mol. The summed E-state index contributed by atoms with van der Waals surface area (Å²) in [5.41, 5.74) is 8.38. The molecule has 1 aliphatic heterocycles. The monoisotopic (exact) mass is 313 g/mol. The van der Waals surface area contributed by atoms with Crippen molar-refractivity contribution in [3.05, 3.63) is 58.5 Å². The van der Waals surface area contributed by atoms with Crippen molar-refractivity contribution in [2.24, 2.45) is 12.8 Å². The lowest BCUT2D eigenvalue weighted by molar-refractivity contribution is 0.187. The maximum atomic E-state index is 11.6. The standard InChI is InChI=1S/C17H23N5O/c1-20-17(23)12-14(13-19-20)11-16(18)22-9-7-21(8-10-22)15-5-3-2-4-6-15/h2-6,12-13,16H,7-11,18H2,1H3. The highest BCUT2D eigenvalue weighted by Gasteiger charge is 2.21. The van der Waals surface area contributed by atoms with E-state index in [-0.39, 0.29) is 11.7 Å². The Hall–Kier alpha value is -2.18. The highest BCUT2D eigenvalue weighted by atomic mass is 16.1. The first-order valence-electron chi connectivity index (χ1n) is 7.95. The first-order valence-corrected chi connectivity index (χ1v) is 7.95. The van der Waals surface area contributed by atoms with Crippen molar-refractivity contribution >= 4 is 5.69 Å². The second-order valence-corrected chi connectivity index (χ2v) is 5.96. The van der Waals surface area contributed by atoms with Crippen LogP contribution in [0, 0.1) is 0 Å². The minimum Gasteiger partial charge on any atom is -0.369 e. The van der Waals surface area contributed by atoms with Crippen molar-refractivity contribution in [1.29, 1.82) is 0 Å². The van der Waals surface area contributed by atoms with E-state index < -0.39 is 0 Å². The van der Waals surface area contributed by atoms with E-state index in [1.807, 2.05) is 6.07 Å². The van der Waals surface area contributed by atoms with Gasteiger partial charge < -0.3 is 10.6 Å². The molecule has 122 valence electrons. The maximum absolute atomic E-state index is 11.6. The Bertz CT molecular complexity index is 692. The number of hydrogen-bond donors (Lipinski definition) is 1. The molecule has 0 spiro atoms. The van der Waals surface area contributed by atoms with Gasteiger partial charge in [0.15, 0.2) is 0 Å². The molecule has 1 unspecified atom stereocenters. The van der Waals surface area contributed by atoms with E-state index in [4.69, 9.17) is 5.73 Å². The van der Waals surface area contributed by atoms with E-state index in [9.17, 15) is 4.79 Å². The quantitative estimate of drug-likeness (QED) is 0.886. The third-order valence-electron chi connectivity index (χ3n) is 4.37. The number of para-hydroxylation sites is 1. The minimum atomic E-state index is -0.0939. The molecule has 0 saturated carbocycles. The molecule has 1 aromatic heterocycles. The fourth-order valence-electron chi connectivity index (χ4n) is 2.94. The van der Waals surface area contributed by atoms with Crippen LogP contribution in [0.5, 0.6) is 0 Å². The lowest BCUT2D eigenvalue weighted by Crippen LogP contribution is -2.54. The summed E-state index contributed by atoms with van der Waals surface area (Å²) in [5.74, 6) is 0. The number of nitrogens with zero attached hydrogens (tertiary/aromatic N) is 4. The predicted octanol–water partition coefficient (Wildman–Crippen LogP) is 0.430. The lowest BCUT2D eigenvalue weighted by Gasteiger charge is -2.39. The van der Waals surface area contributed by atoms with E-state index in [1.165, 1.54) is 10.4 Å². The molecule has 2 N–H and O–H groups in total. The molecule has 1 aromatic carbocycles. The van der Waals surface area contributed by atoms with Crippen molar-refractivity contribution in [3.63, 3.8) is 0 Å². The molecule has 23 heavy (non-hydrogen) atoms. The molecule has 1 saturated heterocycles. The normalized spacial score (nSPS) is 17.2. The molecule has 0 bridgehead atoms. The summed E-state index contributed by atoms with van der Waals surface area (Å²) in [6.07, 6.45) is 2.29. The number of anilines is 1. The summed E-state index contributed by atoms with van der Waals surface area (Å²) in [5, 5.41) is 4.05. The number of aryl methyl sites for hydroxylation is 1. The van der Waals surface area contributed by atoms with Crippen molar-refractivity contribution in [2.75, 3.05) is 31.1 Å². The van der Waals surface area contributed by atoms with E-state index in [2.05, 4.69) is 39.2 Å². The van der Waals surface area contributed by atoms with E-state index >= 15 is 0 Å². The van der Waals surface area contributed by atoms with Gasteiger partial charge in [-0.3, -0.25) is 9.69 Å². The van der Waals surface area contributed by atoms with Gasteiger partial charge in [0.25, 0.3) is 5.56 Å². The van der Waals surface area contributed by atoms with Crippen LogP contribution in [0.1, 0.15) is 5.56 Å². The van der Waals surface area contributed by atoms with Gasteiger partial charge in [-0.25, -0.2) is 4.68 Å². The van der Waals surface area contributed by atoms with Crippen LogP contribution in [0.2, 0.25) is 0 Å². The fourth-order valence-corrected chi connectivity index (χ4v) is 2.94. The molecular formula is C17H23N5O. The average molecular weight is 313 g/mol. The minimum absolute atomic E-state index is 0.0816. The van der Waals surface area contributed by atoms with Gasteiger partial charge in [0, 0.05) is 51.4 Å². The smallest absolute Gasteiger partial charge is 0.266 e. The zero-order valence-corrected chi connectivity index (χ0v) is 13.4. The van der Waals surface area contributed by atoms with Crippen LogP contribution in [-0.4, -0.2) is 47.0 Å². The van der Waals surface area contributed by atoms with E-state index in [0.717, 1.165) is 31.7 Å². The van der Waals surface area contributed by atoms with Crippen molar-refractivity contribution in [3.8, 4) is 0 Å². The Kier molecular flexibility index (Phi) is 4.73. The van der Waals surface area contributed by atoms with Crippen LogP contribution < -0.4 is 16.2 Å². The topological polar surface area (TPSA) is 67.4 Å². The lowest BCUT2D eigenvalue weighted by atomic mass is 10.1. The van der Waals surface area contributed by atoms with Gasteiger partial charge in [0.05, 0.1) is 12.4 Å².